The molecule has 0 radical (unpaired) electrons. The Morgan fingerprint density at radius 1 is 1.30 bits per heavy atom. The first-order valence-electron chi connectivity index (χ1n) is 11.3. The quantitative estimate of drug-likeness (QED) is 0.509. The van der Waals surface area contributed by atoms with E-state index in [4.69, 9.17) is 4.74 Å². The molecule has 2 bridgehead atoms. The SMILES string of the molecule is CCCC(C)NC(=O)C1N([C@@H](CO)CC(C)C)C(=O)[C@@H]2[C@H](C(=O)NC)[C@@H]3CCC12O3. The van der Waals surface area contributed by atoms with E-state index in [1.165, 1.54) is 0 Å². The maximum atomic E-state index is 13.7. The Kier molecular flexibility index (Phi) is 6.77. The van der Waals surface area contributed by atoms with Crippen LogP contribution >= 0.6 is 0 Å². The molecule has 3 amide bonds. The number of hydrogen-bond acceptors (Lipinski definition) is 5. The predicted octanol–water partition coefficient (Wildman–Crippen LogP) is 0.819. The molecule has 0 aliphatic carbocycles. The molecule has 3 aliphatic heterocycles. The van der Waals surface area contributed by atoms with Crippen molar-refractivity contribution in [1.82, 2.24) is 15.5 Å². The van der Waals surface area contributed by atoms with Crippen molar-refractivity contribution < 1.29 is 24.2 Å². The molecular weight excluding hydrogens is 386 g/mol. The van der Waals surface area contributed by atoms with E-state index in [9.17, 15) is 19.5 Å². The summed E-state index contributed by atoms with van der Waals surface area (Å²) in [5, 5.41) is 15.8. The molecule has 8 nitrogen and oxygen atoms in total. The van der Waals surface area contributed by atoms with Crippen LogP contribution in [0.25, 0.3) is 0 Å². The van der Waals surface area contributed by atoms with Gasteiger partial charge in [0, 0.05) is 13.1 Å². The smallest absolute Gasteiger partial charge is 0.246 e. The van der Waals surface area contributed by atoms with Crippen LogP contribution in [-0.2, 0) is 19.1 Å². The van der Waals surface area contributed by atoms with E-state index >= 15 is 0 Å². The lowest BCUT2D eigenvalue weighted by molar-refractivity contribution is -0.146. The molecule has 0 aromatic carbocycles. The number of aliphatic hydroxyl groups is 1. The Morgan fingerprint density at radius 2 is 2.00 bits per heavy atom. The number of ether oxygens (including phenoxy) is 1. The molecule has 1 spiro atoms. The van der Waals surface area contributed by atoms with Gasteiger partial charge in [-0.1, -0.05) is 27.2 Å². The van der Waals surface area contributed by atoms with Gasteiger partial charge in [0.25, 0.3) is 0 Å². The molecule has 3 heterocycles. The van der Waals surface area contributed by atoms with Crippen molar-refractivity contribution in [2.24, 2.45) is 17.8 Å². The molecule has 170 valence electrons. The van der Waals surface area contributed by atoms with E-state index < -0.39 is 29.5 Å². The summed E-state index contributed by atoms with van der Waals surface area (Å²) < 4.78 is 6.33. The lowest BCUT2D eigenvalue weighted by atomic mass is 9.70. The number of fused-ring (bicyclic) bond motifs is 1. The van der Waals surface area contributed by atoms with Gasteiger partial charge in [-0.05, 0) is 38.5 Å². The van der Waals surface area contributed by atoms with Crippen LogP contribution in [0.3, 0.4) is 0 Å². The number of rotatable bonds is 9. The third kappa shape index (κ3) is 3.62. The molecule has 3 N–H and O–H groups in total. The van der Waals surface area contributed by atoms with Gasteiger partial charge in [-0.2, -0.15) is 0 Å². The first-order valence-corrected chi connectivity index (χ1v) is 11.3. The number of hydrogen-bond donors (Lipinski definition) is 3. The van der Waals surface area contributed by atoms with Crippen molar-refractivity contribution in [2.45, 2.75) is 89.6 Å². The molecule has 3 aliphatic rings. The second kappa shape index (κ2) is 8.83. The summed E-state index contributed by atoms with van der Waals surface area (Å²) >= 11 is 0. The Hall–Kier alpha value is -1.67. The standard InChI is InChI=1S/C22H37N3O5/c1-6-7-13(4)24-20(28)18-22-9-8-15(30-22)16(19(27)23-5)17(22)21(29)25(18)14(11-26)10-12(2)3/h12-18,26H,6-11H2,1-5H3,(H,23,27)(H,24,28)/t13?,14-,15+,16-,17+,18?,22?/m1/s1. The number of aliphatic hydroxyl groups excluding tert-OH is 1. The number of nitrogens with one attached hydrogen (secondary N) is 2. The molecule has 3 unspecified atom stereocenters. The lowest BCUT2D eigenvalue weighted by Crippen LogP contribution is -2.59. The lowest BCUT2D eigenvalue weighted by Gasteiger charge is -2.37. The van der Waals surface area contributed by atoms with Crippen LogP contribution in [0.5, 0.6) is 0 Å². The Bertz CT molecular complexity index is 684. The predicted molar refractivity (Wildman–Crippen MR) is 111 cm³/mol. The topological polar surface area (TPSA) is 108 Å². The molecule has 3 rings (SSSR count). The molecular formula is C22H37N3O5. The van der Waals surface area contributed by atoms with Gasteiger partial charge < -0.3 is 25.4 Å². The Labute approximate surface area is 179 Å². The van der Waals surface area contributed by atoms with Crippen LogP contribution in [-0.4, -0.2) is 71.2 Å². The van der Waals surface area contributed by atoms with Crippen LogP contribution < -0.4 is 10.6 Å². The Morgan fingerprint density at radius 3 is 2.57 bits per heavy atom. The second-order valence-corrected chi connectivity index (χ2v) is 9.58. The van der Waals surface area contributed by atoms with E-state index in [1.54, 1.807) is 11.9 Å². The Balaban J connectivity index is 2.01. The highest BCUT2D eigenvalue weighted by atomic mass is 16.5. The van der Waals surface area contributed by atoms with Crippen molar-refractivity contribution in [3.8, 4) is 0 Å². The third-order valence-corrected chi connectivity index (χ3v) is 6.99. The van der Waals surface area contributed by atoms with E-state index in [2.05, 4.69) is 17.6 Å². The zero-order valence-electron chi connectivity index (χ0n) is 18.8. The fraction of sp³-hybridized carbons (Fsp3) is 0.864. The molecule has 0 saturated carbocycles. The molecule has 0 aromatic heterocycles. The van der Waals surface area contributed by atoms with Gasteiger partial charge in [0.2, 0.25) is 17.7 Å². The molecule has 0 aromatic rings. The van der Waals surface area contributed by atoms with E-state index in [0.717, 1.165) is 12.8 Å². The molecule has 30 heavy (non-hydrogen) atoms. The first-order chi connectivity index (χ1) is 14.2. The average molecular weight is 424 g/mol. The van der Waals surface area contributed by atoms with Crippen molar-refractivity contribution >= 4 is 17.7 Å². The fourth-order valence-corrected chi connectivity index (χ4v) is 5.90. The van der Waals surface area contributed by atoms with Gasteiger partial charge in [-0.3, -0.25) is 14.4 Å². The zero-order valence-corrected chi connectivity index (χ0v) is 18.8. The van der Waals surface area contributed by atoms with Gasteiger partial charge in [0.05, 0.1) is 30.6 Å². The first kappa shape index (κ1) is 23.0. The monoisotopic (exact) mass is 423 g/mol. The number of carbonyl (C=O) groups is 3. The number of carbonyl (C=O) groups excluding carboxylic acids is 3. The number of amides is 3. The van der Waals surface area contributed by atoms with Crippen molar-refractivity contribution in [3.63, 3.8) is 0 Å². The minimum absolute atomic E-state index is 0.0269. The highest BCUT2D eigenvalue weighted by Gasteiger charge is 2.75. The molecule has 7 atom stereocenters. The summed E-state index contributed by atoms with van der Waals surface area (Å²) in [6.07, 6.45) is 3.22. The minimum atomic E-state index is -1.00. The van der Waals surface area contributed by atoms with E-state index in [0.29, 0.717) is 19.3 Å². The van der Waals surface area contributed by atoms with Gasteiger partial charge in [0.1, 0.15) is 11.6 Å². The van der Waals surface area contributed by atoms with Gasteiger partial charge in [-0.25, -0.2) is 0 Å². The summed E-state index contributed by atoms with van der Waals surface area (Å²) in [4.78, 5) is 41.4. The van der Waals surface area contributed by atoms with Crippen molar-refractivity contribution in [1.29, 1.82) is 0 Å². The van der Waals surface area contributed by atoms with Gasteiger partial charge in [0.15, 0.2) is 0 Å². The summed E-state index contributed by atoms with van der Waals surface area (Å²) in [5.41, 5.74) is -1.00. The number of likely N-dealkylation sites (tertiary alicyclic amines) is 1. The second-order valence-electron chi connectivity index (χ2n) is 9.58. The number of nitrogens with zero attached hydrogens (tertiary/aromatic N) is 1. The fourth-order valence-electron chi connectivity index (χ4n) is 5.90. The van der Waals surface area contributed by atoms with Crippen LogP contribution in [0.15, 0.2) is 0 Å². The van der Waals surface area contributed by atoms with Gasteiger partial charge >= 0.3 is 0 Å². The van der Waals surface area contributed by atoms with Crippen molar-refractivity contribution in [3.05, 3.63) is 0 Å². The van der Waals surface area contributed by atoms with E-state index in [-0.39, 0.29) is 42.4 Å². The maximum absolute atomic E-state index is 13.7. The molecule has 8 heteroatoms. The van der Waals surface area contributed by atoms with Crippen molar-refractivity contribution in [2.75, 3.05) is 13.7 Å². The highest BCUT2D eigenvalue weighted by molar-refractivity contribution is 5.99. The van der Waals surface area contributed by atoms with Crippen LogP contribution in [0.4, 0.5) is 0 Å². The largest absolute Gasteiger partial charge is 0.394 e. The maximum Gasteiger partial charge on any atom is 0.246 e. The average Bonchev–Trinajstić information content (AvgIpc) is 3.32. The van der Waals surface area contributed by atoms with E-state index in [1.807, 2.05) is 20.8 Å². The normalized spacial score (nSPS) is 34.2. The van der Waals surface area contributed by atoms with Crippen LogP contribution in [0.2, 0.25) is 0 Å². The summed E-state index contributed by atoms with van der Waals surface area (Å²) in [6.45, 7) is 7.83. The minimum Gasteiger partial charge on any atom is -0.394 e. The summed E-state index contributed by atoms with van der Waals surface area (Å²) in [7, 11) is 1.56. The van der Waals surface area contributed by atoms with Crippen LogP contribution in [0.1, 0.15) is 59.8 Å². The zero-order chi connectivity index (χ0) is 22.2. The molecule has 3 fully saturated rings. The summed E-state index contributed by atoms with van der Waals surface area (Å²) in [5.74, 6) is -1.74. The molecule has 3 saturated heterocycles. The van der Waals surface area contributed by atoms with Gasteiger partial charge in [-0.15, -0.1) is 0 Å². The highest BCUT2D eigenvalue weighted by Crippen LogP contribution is 2.58. The van der Waals surface area contributed by atoms with Crippen LogP contribution in [0, 0.1) is 17.8 Å². The summed E-state index contributed by atoms with van der Waals surface area (Å²) in [6, 6.07) is -1.34. The third-order valence-electron chi connectivity index (χ3n) is 6.99.